The first-order valence-corrected chi connectivity index (χ1v) is 7.96. The van der Waals surface area contributed by atoms with Crippen molar-refractivity contribution in [2.24, 2.45) is 0 Å². The number of fused-ring (bicyclic) bond motifs is 2. The van der Waals surface area contributed by atoms with Crippen molar-refractivity contribution < 1.29 is 9.47 Å². The second-order valence-electron chi connectivity index (χ2n) is 5.18. The van der Waals surface area contributed by atoms with Crippen LogP contribution in [0.25, 0.3) is 22.1 Å². The zero-order valence-electron chi connectivity index (χ0n) is 14.1. The Kier molecular flexibility index (Phi) is 5.28. The van der Waals surface area contributed by atoms with Gasteiger partial charge in [-0.2, -0.15) is 0 Å². The van der Waals surface area contributed by atoms with Gasteiger partial charge in [-0.3, -0.25) is 9.78 Å². The summed E-state index contributed by atoms with van der Waals surface area (Å²) in [5, 5.41) is 0.390. The summed E-state index contributed by atoms with van der Waals surface area (Å²) >= 11 is 5.70. The van der Waals surface area contributed by atoms with Gasteiger partial charge in [0, 0.05) is 12.1 Å². The average Bonchev–Trinajstić information content (AvgIpc) is 2.67. The Morgan fingerprint density at radius 2 is 1.54 bits per heavy atom. The maximum absolute atomic E-state index is 10.9. The van der Waals surface area contributed by atoms with E-state index in [0.717, 1.165) is 28.0 Å². The Labute approximate surface area is 153 Å². The molecule has 0 atom stereocenters. The molecule has 2 heterocycles. The van der Waals surface area contributed by atoms with E-state index in [1.165, 1.54) is 12.4 Å². The molecule has 0 aliphatic rings. The minimum atomic E-state index is -0.197. The summed E-state index contributed by atoms with van der Waals surface area (Å²) in [7, 11) is 3.20. The van der Waals surface area contributed by atoms with Crippen LogP contribution >= 0.6 is 11.6 Å². The number of aromatic amines is 1. The largest absolute Gasteiger partial charge is 0.497 e. The molecule has 0 bridgehead atoms. The fraction of sp³-hybridized carbons (Fsp3) is 0.111. The standard InChI is InChI=1S/C9H7ClN2O.C9H8N2O2/c1-13-6-2-3-7-8(4-6)12-9(10)5-11-7;1-13-6-2-3-7-8(4-6)10-5-9(12)11-7/h2-5H,1H3;2-5H,1H3,(H,11,12). The van der Waals surface area contributed by atoms with Crippen LogP contribution in [0.1, 0.15) is 0 Å². The van der Waals surface area contributed by atoms with Gasteiger partial charge in [0.2, 0.25) is 0 Å². The van der Waals surface area contributed by atoms with E-state index in [0.29, 0.717) is 10.7 Å². The van der Waals surface area contributed by atoms with Crippen molar-refractivity contribution in [2.75, 3.05) is 14.2 Å². The second-order valence-corrected chi connectivity index (χ2v) is 5.57. The minimum absolute atomic E-state index is 0.197. The Bertz CT molecular complexity index is 1110. The number of hydrogen-bond donors (Lipinski definition) is 1. The normalized spacial score (nSPS) is 10.3. The lowest BCUT2D eigenvalue weighted by atomic mass is 10.3. The van der Waals surface area contributed by atoms with Crippen LogP contribution in [0.4, 0.5) is 0 Å². The number of benzene rings is 2. The summed E-state index contributed by atoms with van der Waals surface area (Å²) in [4.78, 5) is 25.7. The van der Waals surface area contributed by atoms with Crippen LogP contribution in [0, 0.1) is 0 Å². The first kappa shape index (κ1) is 17.6. The van der Waals surface area contributed by atoms with Gasteiger partial charge in [-0.15, -0.1) is 0 Å². The van der Waals surface area contributed by atoms with E-state index in [4.69, 9.17) is 21.1 Å². The molecule has 7 nitrogen and oxygen atoms in total. The summed E-state index contributed by atoms with van der Waals surface area (Å²) < 4.78 is 10.1. The molecule has 0 aliphatic heterocycles. The molecule has 2 aromatic carbocycles. The molecule has 0 saturated carbocycles. The van der Waals surface area contributed by atoms with Crippen molar-refractivity contribution in [1.29, 1.82) is 0 Å². The molecule has 0 fully saturated rings. The van der Waals surface area contributed by atoms with Crippen molar-refractivity contribution in [1.82, 2.24) is 19.9 Å². The lowest BCUT2D eigenvalue weighted by molar-refractivity contribution is 0.415. The van der Waals surface area contributed by atoms with Gasteiger partial charge in [0.05, 0.1) is 48.7 Å². The summed E-state index contributed by atoms with van der Waals surface area (Å²) in [6, 6.07) is 10.8. The number of nitrogens with zero attached hydrogens (tertiary/aromatic N) is 3. The van der Waals surface area contributed by atoms with Crippen LogP contribution < -0.4 is 15.0 Å². The molecule has 0 spiro atoms. The molecule has 4 aromatic rings. The lowest BCUT2D eigenvalue weighted by Gasteiger charge is -2.00. The van der Waals surface area contributed by atoms with Crippen molar-refractivity contribution in [3.63, 3.8) is 0 Å². The van der Waals surface area contributed by atoms with Gasteiger partial charge in [-0.1, -0.05) is 11.6 Å². The highest BCUT2D eigenvalue weighted by molar-refractivity contribution is 6.29. The summed E-state index contributed by atoms with van der Waals surface area (Å²) in [5.74, 6) is 1.48. The smallest absolute Gasteiger partial charge is 0.266 e. The zero-order chi connectivity index (χ0) is 18.5. The predicted octanol–water partition coefficient (Wildman–Crippen LogP) is 3.22. The number of methoxy groups -OCH3 is 2. The van der Waals surface area contributed by atoms with Crippen molar-refractivity contribution in [2.45, 2.75) is 0 Å². The lowest BCUT2D eigenvalue weighted by Crippen LogP contribution is -2.04. The quantitative estimate of drug-likeness (QED) is 0.582. The van der Waals surface area contributed by atoms with E-state index in [-0.39, 0.29) is 5.56 Å². The highest BCUT2D eigenvalue weighted by Crippen LogP contribution is 2.18. The van der Waals surface area contributed by atoms with Gasteiger partial charge in [0.1, 0.15) is 16.7 Å². The molecule has 0 radical (unpaired) electrons. The third-order valence-electron chi connectivity index (χ3n) is 3.50. The van der Waals surface area contributed by atoms with E-state index in [1.54, 1.807) is 38.5 Å². The maximum atomic E-state index is 10.9. The topological polar surface area (TPSA) is 90.0 Å². The van der Waals surface area contributed by atoms with E-state index < -0.39 is 0 Å². The van der Waals surface area contributed by atoms with Crippen molar-refractivity contribution in [3.05, 3.63) is 64.3 Å². The molecule has 8 heteroatoms. The van der Waals surface area contributed by atoms with E-state index in [1.807, 2.05) is 12.1 Å². The molecule has 0 saturated heterocycles. The average molecular weight is 371 g/mol. The van der Waals surface area contributed by atoms with Crippen LogP contribution in [-0.4, -0.2) is 34.2 Å². The highest BCUT2D eigenvalue weighted by atomic mass is 35.5. The van der Waals surface area contributed by atoms with Crippen molar-refractivity contribution >= 4 is 33.7 Å². The predicted molar refractivity (Wildman–Crippen MR) is 100 cm³/mol. The Balaban J connectivity index is 0.000000151. The molecule has 2 aromatic heterocycles. The molecule has 0 amide bonds. The van der Waals surface area contributed by atoms with E-state index in [9.17, 15) is 4.79 Å². The zero-order valence-corrected chi connectivity index (χ0v) is 14.8. The minimum Gasteiger partial charge on any atom is -0.497 e. The van der Waals surface area contributed by atoms with E-state index >= 15 is 0 Å². The van der Waals surface area contributed by atoms with Crippen LogP contribution in [0.5, 0.6) is 11.5 Å². The van der Waals surface area contributed by atoms with Crippen LogP contribution in [0.2, 0.25) is 5.15 Å². The SMILES string of the molecule is COc1ccc2[nH]c(=O)cnc2c1.COc1ccc2ncc(Cl)nc2c1. The summed E-state index contributed by atoms with van der Waals surface area (Å²) in [5.41, 5.74) is 2.79. The third-order valence-corrected chi connectivity index (χ3v) is 3.69. The highest BCUT2D eigenvalue weighted by Gasteiger charge is 1.99. The van der Waals surface area contributed by atoms with Gasteiger partial charge in [0.15, 0.2) is 0 Å². The molecule has 0 aliphatic carbocycles. The molecule has 1 N–H and O–H groups in total. The van der Waals surface area contributed by atoms with Gasteiger partial charge < -0.3 is 14.5 Å². The number of halogens is 1. The number of hydrogen-bond acceptors (Lipinski definition) is 6. The second kappa shape index (κ2) is 7.79. The van der Waals surface area contributed by atoms with Gasteiger partial charge in [-0.25, -0.2) is 9.97 Å². The third kappa shape index (κ3) is 4.07. The Morgan fingerprint density at radius 1 is 0.885 bits per heavy atom. The monoisotopic (exact) mass is 370 g/mol. The number of nitrogens with one attached hydrogen (secondary N) is 1. The number of aromatic nitrogens is 4. The fourth-order valence-electron chi connectivity index (χ4n) is 2.24. The number of ether oxygens (including phenoxy) is 2. The maximum Gasteiger partial charge on any atom is 0.266 e. The first-order chi connectivity index (χ1) is 12.6. The molecule has 132 valence electrons. The molecular formula is C18H15ClN4O3. The van der Waals surface area contributed by atoms with E-state index in [2.05, 4.69) is 19.9 Å². The molecule has 0 unspecified atom stereocenters. The van der Waals surface area contributed by atoms with Crippen molar-refractivity contribution in [3.8, 4) is 11.5 Å². The number of rotatable bonds is 2. The molecule has 4 rings (SSSR count). The summed E-state index contributed by atoms with van der Waals surface area (Å²) in [6.07, 6.45) is 2.78. The fourth-order valence-corrected chi connectivity index (χ4v) is 2.38. The van der Waals surface area contributed by atoms with Crippen LogP contribution in [0.15, 0.2) is 53.6 Å². The summed E-state index contributed by atoms with van der Waals surface area (Å²) in [6.45, 7) is 0. The van der Waals surface area contributed by atoms with Crippen LogP contribution in [0.3, 0.4) is 0 Å². The van der Waals surface area contributed by atoms with Gasteiger partial charge >= 0.3 is 0 Å². The van der Waals surface area contributed by atoms with Gasteiger partial charge in [0.25, 0.3) is 5.56 Å². The molecule has 26 heavy (non-hydrogen) atoms. The van der Waals surface area contributed by atoms with Crippen LogP contribution in [-0.2, 0) is 0 Å². The first-order valence-electron chi connectivity index (χ1n) is 7.58. The Hall–Kier alpha value is -3.19. The molecular weight excluding hydrogens is 356 g/mol. The number of H-pyrrole nitrogens is 1. The van der Waals surface area contributed by atoms with Gasteiger partial charge in [-0.05, 0) is 24.3 Å². The Morgan fingerprint density at radius 3 is 2.27 bits per heavy atom.